The van der Waals surface area contributed by atoms with E-state index >= 15 is 0 Å². The van der Waals surface area contributed by atoms with Gasteiger partial charge < -0.3 is 20.5 Å². The molecule has 0 aliphatic rings. The maximum atomic E-state index is 12.1. The molecule has 2 rings (SSSR count). The van der Waals surface area contributed by atoms with Gasteiger partial charge in [-0.25, -0.2) is 4.79 Å². The second-order valence-corrected chi connectivity index (χ2v) is 5.63. The third-order valence-corrected chi connectivity index (χ3v) is 3.83. The van der Waals surface area contributed by atoms with E-state index < -0.39 is 5.97 Å². The average Bonchev–Trinajstić information content (AvgIpc) is 2.58. The topological polar surface area (TPSA) is 90.7 Å². The zero-order valence-electron chi connectivity index (χ0n) is 14.0. The fraction of sp³-hybridized carbons (Fsp3) is 0.222. The normalized spacial score (nSPS) is 10.2. The first-order valence-electron chi connectivity index (χ1n) is 7.66. The third-order valence-electron chi connectivity index (χ3n) is 3.43. The summed E-state index contributed by atoms with van der Waals surface area (Å²) in [7, 11) is 0. The lowest BCUT2D eigenvalue weighted by molar-refractivity contribution is -0.118. The molecule has 2 aromatic rings. The molecule has 0 bridgehead atoms. The number of nitrogen functional groups attached to an aromatic ring is 1. The van der Waals surface area contributed by atoms with Crippen LogP contribution in [0.2, 0.25) is 5.02 Å². The number of amides is 1. The van der Waals surface area contributed by atoms with Crippen LogP contribution in [0.4, 0.5) is 11.4 Å². The summed E-state index contributed by atoms with van der Waals surface area (Å²) in [4.78, 5) is 23.8. The van der Waals surface area contributed by atoms with E-state index in [1.165, 1.54) is 18.2 Å². The van der Waals surface area contributed by atoms with Crippen molar-refractivity contribution in [3.8, 4) is 5.75 Å². The van der Waals surface area contributed by atoms with Crippen molar-refractivity contribution < 1.29 is 19.1 Å². The van der Waals surface area contributed by atoms with Gasteiger partial charge in [0.15, 0.2) is 6.61 Å². The Kier molecular flexibility index (Phi) is 6.25. The molecule has 0 spiro atoms. The largest absolute Gasteiger partial charge is 0.482 e. The number of hydrogen-bond donors (Lipinski definition) is 2. The molecular formula is C18H19ClN2O4. The van der Waals surface area contributed by atoms with Gasteiger partial charge in [-0.3, -0.25) is 4.79 Å². The quantitative estimate of drug-likeness (QED) is 0.607. The van der Waals surface area contributed by atoms with Crippen molar-refractivity contribution in [1.29, 1.82) is 0 Å². The molecule has 0 aliphatic heterocycles. The fourth-order valence-corrected chi connectivity index (χ4v) is 2.25. The van der Waals surface area contributed by atoms with Gasteiger partial charge >= 0.3 is 5.97 Å². The summed E-state index contributed by atoms with van der Waals surface area (Å²) in [6.45, 7) is 3.53. The van der Waals surface area contributed by atoms with Gasteiger partial charge in [-0.2, -0.15) is 0 Å². The van der Waals surface area contributed by atoms with Gasteiger partial charge in [0.1, 0.15) is 5.75 Å². The first kappa shape index (κ1) is 18.6. The predicted molar refractivity (Wildman–Crippen MR) is 97.1 cm³/mol. The first-order valence-corrected chi connectivity index (χ1v) is 8.04. The molecule has 7 heteroatoms. The van der Waals surface area contributed by atoms with Gasteiger partial charge in [0.05, 0.1) is 17.9 Å². The molecule has 0 heterocycles. The van der Waals surface area contributed by atoms with E-state index in [9.17, 15) is 9.59 Å². The molecule has 6 nitrogen and oxygen atoms in total. The Morgan fingerprint density at radius 3 is 2.72 bits per heavy atom. The predicted octanol–water partition coefficient (Wildman–Crippen LogP) is 3.42. The molecule has 0 saturated heterocycles. The highest BCUT2D eigenvalue weighted by Gasteiger charge is 2.12. The van der Waals surface area contributed by atoms with Crippen molar-refractivity contribution in [2.24, 2.45) is 0 Å². The van der Waals surface area contributed by atoms with Crippen LogP contribution in [0.5, 0.6) is 5.75 Å². The van der Waals surface area contributed by atoms with Gasteiger partial charge in [0, 0.05) is 10.7 Å². The van der Waals surface area contributed by atoms with E-state index in [1.54, 1.807) is 32.0 Å². The van der Waals surface area contributed by atoms with Gasteiger partial charge in [-0.05, 0) is 49.7 Å². The monoisotopic (exact) mass is 362 g/mol. The molecule has 0 aliphatic carbocycles. The molecular weight excluding hydrogens is 344 g/mol. The summed E-state index contributed by atoms with van der Waals surface area (Å²) in [5.41, 5.74) is 7.81. The Labute approximate surface area is 150 Å². The summed E-state index contributed by atoms with van der Waals surface area (Å²) < 4.78 is 10.4. The summed E-state index contributed by atoms with van der Waals surface area (Å²) in [6.07, 6.45) is 0. The van der Waals surface area contributed by atoms with E-state index in [0.29, 0.717) is 22.0 Å². The number of carbonyl (C=O) groups is 2. The number of halogens is 1. The SMILES string of the molecule is CCOC(=O)c1ccc(N)c(OCC(=O)Nc2cccc(Cl)c2C)c1. The molecule has 2 aromatic carbocycles. The van der Waals surface area contributed by atoms with Crippen molar-refractivity contribution in [1.82, 2.24) is 0 Å². The molecule has 3 N–H and O–H groups in total. The second-order valence-electron chi connectivity index (χ2n) is 5.22. The van der Waals surface area contributed by atoms with Crippen LogP contribution < -0.4 is 15.8 Å². The van der Waals surface area contributed by atoms with Gasteiger partial charge in [0.25, 0.3) is 5.91 Å². The molecule has 1 amide bonds. The molecule has 0 atom stereocenters. The summed E-state index contributed by atoms with van der Waals surface area (Å²) in [5.74, 6) is -0.610. The molecule has 0 aromatic heterocycles. The van der Waals surface area contributed by atoms with Crippen LogP contribution in [0, 0.1) is 6.92 Å². The van der Waals surface area contributed by atoms with Crippen molar-refractivity contribution in [2.75, 3.05) is 24.3 Å². The zero-order valence-corrected chi connectivity index (χ0v) is 14.7. The minimum Gasteiger partial charge on any atom is -0.482 e. The highest BCUT2D eigenvalue weighted by atomic mass is 35.5. The number of benzene rings is 2. The number of nitrogens with two attached hydrogens (primary N) is 1. The lowest BCUT2D eigenvalue weighted by Gasteiger charge is -2.12. The van der Waals surface area contributed by atoms with Gasteiger partial charge in [-0.1, -0.05) is 17.7 Å². The number of hydrogen-bond acceptors (Lipinski definition) is 5. The smallest absolute Gasteiger partial charge is 0.338 e. The second kappa shape index (κ2) is 8.39. The molecule has 132 valence electrons. The molecule has 0 radical (unpaired) electrons. The standard InChI is InChI=1S/C18H19ClN2O4/c1-3-24-18(23)12-7-8-14(20)16(9-12)25-10-17(22)21-15-6-4-5-13(19)11(15)2/h4-9H,3,10,20H2,1-2H3,(H,21,22). The zero-order chi connectivity index (χ0) is 18.4. The minimum absolute atomic E-state index is 0.239. The minimum atomic E-state index is -0.480. The number of ether oxygens (including phenoxy) is 2. The number of anilines is 2. The van der Waals surface area contributed by atoms with E-state index in [2.05, 4.69) is 5.32 Å². The van der Waals surface area contributed by atoms with Crippen LogP contribution in [0.3, 0.4) is 0 Å². The van der Waals surface area contributed by atoms with E-state index in [0.717, 1.165) is 5.56 Å². The lowest BCUT2D eigenvalue weighted by atomic mass is 10.2. The van der Waals surface area contributed by atoms with Crippen LogP contribution in [0.15, 0.2) is 36.4 Å². The van der Waals surface area contributed by atoms with Crippen molar-refractivity contribution in [3.63, 3.8) is 0 Å². The highest BCUT2D eigenvalue weighted by molar-refractivity contribution is 6.31. The maximum absolute atomic E-state index is 12.1. The van der Waals surface area contributed by atoms with Crippen LogP contribution in [-0.4, -0.2) is 25.1 Å². The Morgan fingerprint density at radius 2 is 2.00 bits per heavy atom. The van der Waals surface area contributed by atoms with Crippen molar-refractivity contribution >= 4 is 34.9 Å². The average molecular weight is 363 g/mol. The summed E-state index contributed by atoms with van der Waals surface area (Å²) in [5, 5.41) is 3.28. The van der Waals surface area contributed by atoms with E-state index in [4.69, 9.17) is 26.8 Å². The highest BCUT2D eigenvalue weighted by Crippen LogP contribution is 2.24. The first-order chi connectivity index (χ1) is 11.9. The Bertz CT molecular complexity index is 793. The molecule has 25 heavy (non-hydrogen) atoms. The Hall–Kier alpha value is -2.73. The van der Waals surface area contributed by atoms with E-state index in [-0.39, 0.29) is 24.9 Å². The van der Waals surface area contributed by atoms with Crippen LogP contribution in [0.25, 0.3) is 0 Å². The Morgan fingerprint density at radius 1 is 1.24 bits per heavy atom. The van der Waals surface area contributed by atoms with Crippen molar-refractivity contribution in [3.05, 3.63) is 52.5 Å². The van der Waals surface area contributed by atoms with Gasteiger partial charge in [0.2, 0.25) is 0 Å². The number of carbonyl (C=O) groups excluding carboxylic acids is 2. The van der Waals surface area contributed by atoms with Crippen LogP contribution in [0.1, 0.15) is 22.8 Å². The Balaban J connectivity index is 2.03. The summed E-state index contributed by atoms with van der Waals surface area (Å²) >= 11 is 6.02. The van der Waals surface area contributed by atoms with Crippen LogP contribution in [-0.2, 0) is 9.53 Å². The molecule has 0 fully saturated rings. The van der Waals surface area contributed by atoms with E-state index in [1.807, 2.05) is 0 Å². The fourth-order valence-electron chi connectivity index (χ4n) is 2.07. The molecule has 0 saturated carbocycles. The number of rotatable bonds is 6. The lowest BCUT2D eigenvalue weighted by Crippen LogP contribution is -2.21. The molecule has 0 unspecified atom stereocenters. The maximum Gasteiger partial charge on any atom is 0.338 e. The third kappa shape index (κ3) is 4.87. The van der Waals surface area contributed by atoms with Gasteiger partial charge in [-0.15, -0.1) is 0 Å². The summed E-state index contributed by atoms with van der Waals surface area (Å²) in [6, 6.07) is 9.74. The van der Waals surface area contributed by atoms with Crippen molar-refractivity contribution in [2.45, 2.75) is 13.8 Å². The van der Waals surface area contributed by atoms with Crippen LogP contribution >= 0.6 is 11.6 Å². The number of esters is 1. The number of nitrogens with one attached hydrogen (secondary N) is 1.